The number of rotatable bonds is 4. The molecule has 0 radical (unpaired) electrons. The number of carbonyl (C=O) groups is 3. The standard InChI is InChI=1S/C10H13NO2.C9H7N3O4/c1-7(11)8-3-5-9(6-4-8)10(12)13-2;1-16-9(15)6-4-5(8(13)14)11-7-2-3-10-12(6)7/h3-7H,11H2,1-2H3;2-4H,1H3,(H,13,14)/t7-;/m1./s1. The van der Waals surface area contributed by atoms with Crippen LogP contribution in [0.3, 0.4) is 0 Å². The van der Waals surface area contributed by atoms with Gasteiger partial charge in [-0.1, -0.05) is 12.1 Å². The monoisotopic (exact) mass is 400 g/mol. The molecule has 10 nitrogen and oxygen atoms in total. The van der Waals surface area contributed by atoms with Crippen LogP contribution in [0.25, 0.3) is 5.65 Å². The van der Waals surface area contributed by atoms with Crippen LogP contribution in [0.5, 0.6) is 0 Å². The number of esters is 2. The third-order valence-electron chi connectivity index (χ3n) is 3.83. The molecule has 152 valence electrons. The third kappa shape index (κ3) is 5.14. The summed E-state index contributed by atoms with van der Waals surface area (Å²) in [6.07, 6.45) is 1.42. The van der Waals surface area contributed by atoms with Gasteiger partial charge in [0, 0.05) is 18.2 Å². The molecule has 0 amide bonds. The first-order chi connectivity index (χ1) is 13.8. The van der Waals surface area contributed by atoms with Crippen molar-refractivity contribution in [3.05, 3.63) is 65.1 Å². The van der Waals surface area contributed by atoms with Crippen LogP contribution in [0.2, 0.25) is 0 Å². The number of ether oxygens (including phenoxy) is 2. The number of nitrogens with two attached hydrogens (primary N) is 1. The number of methoxy groups -OCH3 is 2. The summed E-state index contributed by atoms with van der Waals surface area (Å²) in [5, 5.41) is 12.7. The summed E-state index contributed by atoms with van der Waals surface area (Å²) in [6, 6.07) is 9.70. The Labute approximate surface area is 165 Å². The van der Waals surface area contributed by atoms with Crippen LogP contribution in [-0.4, -0.2) is 51.8 Å². The number of aromatic carboxylic acids is 1. The average Bonchev–Trinajstić information content (AvgIpc) is 3.21. The zero-order valence-corrected chi connectivity index (χ0v) is 16.0. The van der Waals surface area contributed by atoms with E-state index in [1.54, 1.807) is 12.1 Å². The minimum Gasteiger partial charge on any atom is -0.477 e. The van der Waals surface area contributed by atoms with E-state index in [1.165, 1.54) is 31.0 Å². The first-order valence-electron chi connectivity index (χ1n) is 8.38. The third-order valence-corrected chi connectivity index (χ3v) is 3.83. The topological polar surface area (TPSA) is 146 Å². The lowest BCUT2D eigenvalue weighted by Gasteiger charge is -2.05. The molecule has 1 atom stereocenters. The minimum absolute atomic E-state index is 0.00769. The van der Waals surface area contributed by atoms with Crippen LogP contribution in [0.4, 0.5) is 0 Å². The Balaban J connectivity index is 0.000000212. The zero-order chi connectivity index (χ0) is 21.6. The van der Waals surface area contributed by atoms with E-state index < -0.39 is 11.9 Å². The number of fused-ring (bicyclic) bond motifs is 1. The van der Waals surface area contributed by atoms with Crippen LogP contribution in [-0.2, 0) is 9.47 Å². The highest BCUT2D eigenvalue weighted by Gasteiger charge is 2.16. The van der Waals surface area contributed by atoms with Gasteiger partial charge in [0.1, 0.15) is 0 Å². The van der Waals surface area contributed by atoms with Crippen molar-refractivity contribution in [3.63, 3.8) is 0 Å². The number of carboxylic acids is 1. The Morgan fingerprint density at radius 1 is 1.07 bits per heavy atom. The van der Waals surface area contributed by atoms with Gasteiger partial charge in [-0.3, -0.25) is 0 Å². The lowest BCUT2D eigenvalue weighted by atomic mass is 10.1. The summed E-state index contributed by atoms with van der Waals surface area (Å²) >= 11 is 0. The molecule has 0 aliphatic rings. The maximum atomic E-state index is 11.4. The average molecular weight is 400 g/mol. The SMILES string of the molecule is COC(=O)c1cc(C(=O)O)nc2ccnn12.COC(=O)c1ccc([C@@H](C)N)cc1. The van der Waals surface area contributed by atoms with Crippen molar-refractivity contribution in [3.8, 4) is 0 Å². The van der Waals surface area contributed by atoms with Crippen molar-refractivity contribution >= 4 is 23.6 Å². The Hall–Kier alpha value is -3.79. The van der Waals surface area contributed by atoms with Gasteiger partial charge in [0.25, 0.3) is 0 Å². The number of hydrogen-bond donors (Lipinski definition) is 2. The molecule has 10 heteroatoms. The van der Waals surface area contributed by atoms with Crippen molar-refractivity contribution in [1.29, 1.82) is 0 Å². The van der Waals surface area contributed by atoms with E-state index in [4.69, 9.17) is 10.8 Å². The second kappa shape index (κ2) is 9.42. The summed E-state index contributed by atoms with van der Waals surface area (Å²) in [7, 11) is 2.57. The molecule has 0 bridgehead atoms. The number of nitrogens with zero attached hydrogens (tertiary/aromatic N) is 3. The largest absolute Gasteiger partial charge is 0.477 e. The second-order valence-corrected chi connectivity index (χ2v) is 5.83. The predicted molar refractivity (Wildman–Crippen MR) is 102 cm³/mol. The molecular weight excluding hydrogens is 380 g/mol. The van der Waals surface area contributed by atoms with Crippen LogP contribution in [0.15, 0.2) is 42.6 Å². The van der Waals surface area contributed by atoms with Crippen molar-refractivity contribution < 1.29 is 29.0 Å². The predicted octanol–water partition coefficient (Wildman–Crippen LogP) is 1.71. The fraction of sp³-hybridized carbons (Fsp3) is 0.211. The molecular formula is C19H20N4O6. The molecule has 0 spiro atoms. The molecule has 0 fully saturated rings. The van der Waals surface area contributed by atoms with Crippen LogP contribution >= 0.6 is 0 Å². The molecule has 3 rings (SSSR count). The first-order valence-corrected chi connectivity index (χ1v) is 8.38. The number of benzene rings is 1. The van der Waals surface area contributed by atoms with Gasteiger partial charge in [0.2, 0.25) is 0 Å². The van der Waals surface area contributed by atoms with E-state index in [2.05, 4.69) is 19.6 Å². The maximum absolute atomic E-state index is 11.4. The van der Waals surface area contributed by atoms with Gasteiger partial charge in [0.15, 0.2) is 17.0 Å². The fourth-order valence-electron chi connectivity index (χ4n) is 2.31. The summed E-state index contributed by atoms with van der Waals surface area (Å²) in [4.78, 5) is 37.0. The summed E-state index contributed by atoms with van der Waals surface area (Å²) in [6.45, 7) is 1.90. The molecule has 0 saturated heterocycles. The highest BCUT2D eigenvalue weighted by molar-refractivity contribution is 5.93. The molecule has 3 N–H and O–H groups in total. The van der Waals surface area contributed by atoms with E-state index in [0.29, 0.717) is 5.56 Å². The normalized spacial score (nSPS) is 11.2. The van der Waals surface area contributed by atoms with E-state index in [9.17, 15) is 14.4 Å². The minimum atomic E-state index is -1.21. The second-order valence-electron chi connectivity index (χ2n) is 5.83. The Morgan fingerprint density at radius 3 is 2.21 bits per heavy atom. The van der Waals surface area contributed by atoms with E-state index in [-0.39, 0.29) is 29.0 Å². The Bertz CT molecular complexity index is 1030. The van der Waals surface area contributed by atoms with Crippen molar-refractivity contribution in [2.24, 2.45) is 5.73 Å². The molecule has 1 aromatic carbocycles. The zero-order valence-electron chi connectivity index (χ0n) is 16.0. The summed E-state index contributed by atoms with van der Waals surface area (Å²) < 4.78 is 10.3. The van der Waals surface area contributed by atoms with E-state index >= 15 is 0 Å². The van der Waals surface area contributed by atoms with E-state index in [1.807, 2.05) is 19.1 Å². The van der Waals surface area contributed by atoms with Crippen molar-refractivity contribution in [2.75, 3.05) is 14.2 Å². The molecule has 0 aliphatic carbocycles. The molecule has 29 heavy (non-hydrogen) atoms. The van der Waals surface area contributed by atoms with Gasteiger partial charge in [-0.15, -0.1) is 0 Å². The van der Waals surface area contributed by atoms with Gasteiger partial charge < -0.3 is 20.3 Å². The Morgan fingerprint density at radius 2 is 1.69 bits per heavy atom. The Kier molecular flexibility index (Phi) is 6.99. The van der Waals surface area contributed by atoms with Gasteiger partial charge in [-0.25, -0.2) is 23.9 Å². The molecule has 0 unspecified atom stereocenters. The molecule has 0 saturated carbocycles. The van der Waals surface area contributed by atoms with Crippen molar-refractivity contribution in [1.82, 2.24) is 14.6 Å². The lowest BCUT2D eigenvalue weighted by Crippen LogP contribution is -2.13. The smallest absolute Gasteiger partial charge is 0.356 e. The highest BCUT2D eigenvalue weighted by Crippen LogP contribution is 2.11. The summed E-state index contributed by atoms with van der Waals surface area (Å²) in [5.74, 6) is -2.20. The van der Waals surface area contributed by atoms with Gasteiger partial charge in [-0.05, 0) is 24.6 Å². The summed E-state index contributed by atoms with van der Waals surface area (Å²) in [5.41, 5.74) is 7.28. The van der Waals surface area contributed by atoms with Crippen LogP contribution in [0, 0.1) is 0 Å². The van der Waals surface area contributed by atoms with Gasteiger partial charge in [0.05, 0.1) is 26.0 Å². The van der Waals surface area contributed by atoms with Gasteiger partial charge >= 0.3 is 17.9 Å². The fourth-order valence-corrected chi connectivity index (χ4v) is 2.31. The van der Waals surface area contributed by atoms with Crippen LogP contribution < -0.4 is 5.73 Å². The molecule has 3 aromatic rings. The molecule has 0 aliphatic heterocycles. The number of aromatic nitrogens is 3. The number of carboxylic acid groups (broad SMARTS) is 1. The van der Waals surface area contributed by atoms with E-state index in [0.717, 1.165) is 11.6 Å². The number of carbonyl (C=O) groups excluding carboxylic acids is 2. The van der Waals surface area contributed by atoms with Crippen LogP contribution in [0.1, 0.15) is 49.9 Å². The molecule has 2 heterocycles. The quantitative estimate of drug-likeness (QED) is 0.625. The maximum Gasteiger partial charge on any atom is 0.356 e. The molecule has 2 aromatic heterocycles. The van der Waals surface area contributed by atoms with Crippen molar-refractivity contribution in [2.45, 2.75) is 13.0 Å². The first kappa shape index (κ1) is 21.5. The lowest BCUT2D eigenvalue weighted by molar-refractivity contribution is 0.0585. The highest BCUT2D eigenvalue weighted by atomic mass is 16.5. The number of hydrogen-bond acceptors (Lipinski definition) is 8. The van der Waals surface area contributed by atoms with Gasteiger partial charge in [-0.2, -0.15) is 5.10 Å².